The van der Waals surface area contributed by atoms with Crippen LogP contribution in [-0.4, -0.2) is 4.98 Å². The van der Waals surface area contributed by atoms with Crippen molar-refractivity contribution < 1.29 is 4.39 Å². The minimum Gasteiger partial charge on any atom is -0.212 e. The molecule has 3 heteroatoms. The number of pyridine rings is 1. The van der Waals surface area contributed by atoms with Crippen LogP contribution in [0.15, 0.2) is 10.7 Å². The minimum absolute atomic E-state index is 0.0103. The van der Waals surface area contributed by atoms with Gasteiger partial charge < -0.3 is 0 Å². The van der Waals surface area contributed by atoms with E-state index in [0.29, 0.717) is 4.60 Å². The molecule has 0 N–H and O–H groups in total. The van der Waals surface area contributed by atoms with Gasteiger partial charge in [-0.1, -0.05) is 20.8 Å². The van der Waals surface area contributed by atoms with E-state index in [0.717, 1.165) is 11.1 Å². The Morgan fingerprint density at radius 2 is 1.92 bits per heavy atom. The summed E-state index contributed by atoms with van der Waals surface area (Å²) < 4.78 is 13.5. The van der Waals surface area contributed by atoms with Gasteiger partial charge in [0.2, 0.25) is 5.95 Å². The second kappa shape index (κ2) is 3.37. The Kier molecular flexibility index (Phi) is 2.76. The molecule has 1 rings (SSSR count). The van der Waals surface area contributed by atoms with Crippen molar-refractivity contribution in [3.05, 3.63) is 27.7 Å². The summed E-state index contributed by atoms with van der Waals surface area (Å²) in [7, 11) is 0. The van der Waals surface area contributed by atoms with Gasteiger partial charge in [0.15, 0.2) is 0 Å². The van der Waals surface area contributed by atoms with Gasteiger partial charge in [-0.25, -0.2) is 4.98 Å². The molecule has 0 spiro atoms. The summed E-state index contributed by atoms with van der Waals surface area (Å²) in [5, 5.41) is 0. The maximum absolute atomic E-state index is 12.9. The van der Waals surface area contributed by atoms with Gasteiger partial charge in [-0.3, -0.25) is 0 Å². The highest BCUT2D eigenvalue weighted by Crippen LogP contribution is 2.31. The van der Waals surface area contributed by atoms with Crippen LogP contribution in [0.25, 0.3) is 0 Å². The van der Waals surface area contributed by atoms with Crippen molar-refractivity contribution >= 4 is 15.9 Å². The summed E-state index contributed by atoms with van der Waals surface area (Å²) in [6, 6.07) is 1.46. The Bertz CT molecular complexity index is 305. The quantitative estimate of drug-likeness (QED) is 0.637. The second-order valence-corrected chi connectivity index (χ2v) is 4.93. The van der Waals surface area contributed by atoms with Crippen LogP contribution in [0.2, 0.25) is 0 Å². The molecule has 0 amide bonds. The van der Waals surface area contributed by atoms with Crippen LogP contribution in [0.3, 0.4) is 0 Å². The van der Waals surface area contributed by atoms with Crippen LogP contribution < -0.4 is 0 Å². The van der Waals surface area contributed by atoms with E-state index in [9.17, 15) is 4.39 Å². The second-order valence-electron chi connectivity index (χ2n) is 4.18. The van der Waals surface area contributed by atoms with E-state index in [-0.39, 0.29) is 5.41 Å². The summed E-state index contributed by atoms with van der Waals surface area (Å²) in [4.78, 5) is 3.75. The molecular weight excluding hydrogens is 233 g/mol. The van der Waals surface area contributed by atoms with Gasteiger partial charge >= 0.3 is 0 Å². The molecule has 0 aliphatic rings. The summed E-state index contributed by atoms with van der Waals surface area (Å²) in [5.41, 5.74) is 1.99. The number of rotatable bonds is 0. The number of hydrogen-bond donors (Lipinski definition) is 0. The van der Waals surface area contributed by atoms with E-state index in [1.165, 1.54) is 6.07 Å². The first kappa shape index (κ1) is 10.6. The molecule has 1 aromatic rings. The van der Waals surface area contributed by atoms with Crippen molar-refractivity contribution in [1.29, 1.82) is 0 Å². The standard InChI is InChI=1S/C10H13BrFN/c1-6-5-7(12)13-9(11)8(6)10(2,3)4/h5H,1-4H3. The van der Waals surface area contributed by atoms with Crippen molar-refractivity contribution in [1.82, 2.24) is 4.98 Å². The van der Waals surface area contributed by atoms with Crippen molar-refractivity contribution in [3.8, 4) is 0 Å². The van der Waals surface area contributed by atoms with Crippen LogP contribution in [0.5, 0.6) is 0 Å². The van der Waals surface area contributed by atoms with Crippen molar-refractivity contribution in [2.45, 2.75) is 33.1 Å². The lowest BCUT2D eigenvalue weighted by molar-refractivity contribution is 0.549. The topological polar surface area (TPSA) is 12.9 Å². The van der Waals surface area contributed by atoms with Crippen LogP contribution >= 0.6 is 15.9 Å². The average molecular weight is 246 g/mol. The summed E-state index contributed by atoms with van der Waals surface area (Å²) >= 11 is 3.28. The lowest BCUT2D eigenvalue weighted by atomic mass is 9.85. The molecule has 0 fully saturated rings. The predicted octanol–water partition coefficient (Wildman–Crippen LogP) is 3.59. The van der Waals surface area contributed by atoms with E-state index in [1.807, 2.05) is 6.92 Å². The maximum atomic E-state index is 12.9. The molecule has 1 aromatic heterocycles. The molecule has 1 nitrogen and oxygen atoms in total. The van der Waals surface area contributed by atoms with Gasteiger partial charge in [-0.05, 0) is 45.5 Å². The predicted molar refractivity (Wildman–Crippen MR) is 55.3 cm³/mol. The molecule has 0 aromatic carbocycles. The molecule has 0 unspecified atom stereocenters. The van der Waals surface area contributed by atoms with Gasteiger partial charge in [-0.2, -0.15) is 4.39 Å². The molecule has 72 valence electrons. The van der Waals surface area contributed by atoms with E-state index in [2.05, 4.69) is 41.7 Å². The molecule has 0 radical (unpaired) electrons. The largest absolute Gasteiger partial charge is 0.214 e. The Labute approximate surface area is 86.5 Å². The van der Waals surface area contributed by atoms with E-state index in [4.69, 9.17) is 0 Å². The number of nitrogens with zero attached hydrogens (tertiary/aromatic N) is 1. The first-order valence-electron chi connectivity index (χ1n) is 4.15. The molecule has 1 heterocycles. The third kappa shape index (κ3) is 2.27. The first-order valence-corrected chi connectivity index (χ1v) is 4.95. The summed E-state index contributed by atoms with van der Waals surface area (Å²) in [6.07, 6.45) is 0. The zero-order valence-corrected chi connectivity index (χ0v) is 9.87. The van der Waals surface area contributed by atoms with Crippen molar-refractivity contribution in [3.63, 3.8) is 0 Å². The van der Waals surface area contributed by atoms with Gasteiger partial charge in [0.1, 0.15) is 4.60 Å². The lowest BCUT2D eigenvalue weighted by Gasteiger charge is -2.22. The smallest absolute Gasteiger partial charge is 0.212 e. The summed E-state index contributed by atoms with van der Waals surface area (Å²) in [5.74, 6) is -0.433. The van der Waals surface area contributed by atoms with E-state index >= 15 is 0 Å². The number of hydrogen-bond acceptors (Lipinski definition) is 1. The third-order valence-corrected chi connectivity index (χ3v) is 2.47. The molecule has 0 bridgehead atoms. The Morgan fingerprint density at radius 3 is 2.31 bits per heavy atom. The Morgan fingerprint density at radius 1 is 1.38 bits per heavy atom. The Hall–Kier alpha value is -0.440. The normalized spacial score (nSPS) is 11.8. The van der Waals surface area contributed by atoms with Crippen molar-refractivity contribution in [2.75, 3.05) is 0 Å². The van der Waals surface area contributed by atoms with Gasteiger partial charge in [0.05, 0.1) is 0 Å². The molecule has 13 heavy (non-hydrogen) atoms. The van der Waals surface area contributed by atoms with Crippen LogP contribution in [-0.2, 0) is 5.41 Å². The fourth-order valence-corrected chi connectivity index (χ4v) is 2.57. The molecule has 0 aliphatic carbocycles. The van der Waals surface area contributed by atoms with E-state index < -0.39 is 5.95 Å². The molecule has 0 aliphatic heterocycles. The maximum Gasteiger partial charge on any atom is 0.214 e. The van der Waals surface area contributed by atoms with Crippen LogP contribution in [0.1, 0.15) is 31.9 Å². The van der Waals surface area contributed by atoms with E-state index in [1.54, 1.807) is 0 Å². The summed E-state index contributed by atoms with van der Waals surface area (Å²) in [6.45, 7) is 8.15. The molecular formula is C10H13BrFN. The highest BCUT2D eigenvalue weighted by molar-refractivity contribution is 9.10. The zero-order valence-electron chi connectivity index (χ0n) is 8.28. The van der Waals surface area contributed by atoms with Gasteiger partial charge in [-0.15, -0.1) is 0 Å². The van der Waals surface area contributed by atoms with Gasteiger partial charge in [0.25, 0.3) is 0 Å². The molecule has 0 atom stereocenters. The van der Waals surface area contributed by atoms with Crippen molar-refractivity contribution in [2.24, 2.45) is 0 Å². The zero-order chi connectivity index (χ0) is 10.2. The van der Waals surface area contributed by atoms with Crippen LogP contribution in [0, 0.1) is 12.9 Å². The fourth-order valence-electron chi connectivity index (χ4n) is 1.50. The fraction of sp³-hybridized carbons (Fsp3) is 0.500. The number of aryl methyl sites for hydroxylation is 1. The molecule has 0 saturated heterocycles. The minimum atomic E-state index is -0.433. The number of halogens is 2. The molecule has 0 saturated carbocycles. The number of aromatic nitrogens is 1. The lowest BCUT2D eigenvalue weighted by Crippen LogP contribution is -2.15. The highest BCUT2D eigenvalue weighted by Gasteiger charge is 2.21. The monoisotopic (exact) mass is 245 g/mol. The Balaban J connectivity index is 3.38. The third-order valence-electron chi connectivity index (χ3n) is 1.89. The SMILES string of the molecule is Cc1cc(F)nc(Br)c1C(C)(C)C. The van der Waals surface area contributed by atoms with Crippen LogP contribution in [0.4, 0.5) is 4.39 Å². The average Bonchev–Trinajstić information content (AvgIpc) is 1.78. The highest BCUT2D eigenvalue weighted by atomic mass is 79.9. The van der Waals surface area contributed by atoms with Gasteiger partial charge in [0, 0.05) is 0 Å². The first-order chi connectivity index (χ1) is 5.82.